The number of aryl methyl sites for hydroxylation is 1. The second-order valence-corrected chi connectivity index (χ2v) is 11.0. The molecule has 0 amide bonds. The van der Waals surface area contributed by atoms with Crippen LogP contribution in [0, 0.1) is 6.92 Å². The van der Waals surface area contributed by atoms with Crippen molar-refractivity contribution in [2.45, 2.75) is 21.6 Å². The number of hydrogen-bond donors (Lipinski definition) is 5. The lowest BCUT2D eigenvalue weighted by Crippen LogP contribution is -2.02. The highest BCUT2D eigenvalue weighted by Crippen LogP contribution is 2.44. The van der Waals surface area contributed by atoms with Gasteiger partial charge in [-0.25, -0.2) is 0 Å². The number of hydrogen-bond acceptors (Lipinski definition) is 10. The molecular weight excluding hydrogens is 502 g/mol. The monoisotopic (exact) mass is 517 g/mol. The fourth-order valence-corrected chi connectivity index (χ4v) is 4.92. The summed E-state index contributed by atoms with van der Waals surface area (Å²) in [4.78, 5) is -2.16. The van der Waals surface area contributed by atoms with Crippen LogP contribution in [0.2, 0.25) is 0 Å². The fourth-order valence-electron chi connectivity index (χ4n) is 2.97. The van der Waals surface area contributed by atoms with Crippen LogP contribution in [0.5, 0.6) is 5.75 Å². The van der Waals surface area contributed by atoms with Crippen LogP contribution in [0.1, 0.15) is 5.56 Å². The molecule has 33 heavy (non-hydrogen) atoms. The zero-order valence-corrected chi connectivity index (χ0v) is 18.8. The Hall–Kier alpha value is -3.15. The summed E-state index contributed by atoms with van der Waals surface area (Å²) in [5.41, 5.74) is 4.62. The molecule has 0 aliphatic carbocycles. The molecule has 0 radical (unpaired) electrons. The predicted molar refractivity (Wildman–Crippen MR) is 115 cm³/mol. The van der Waals surface area contributed by atoms with E-state index in [9.17, 15) is 44.0 Å². The topological polar surface area (TPSA) is 234 Å². The first-order valence-electron chi connectivity index (χ1n) is 8.54. The number of nitrogens with zero attached hydrogens (tertiary/aromatic N) is 2. The predicted octanol–water partition coefficient (Wildman–Crippen LogP) is 2.59. The van der Waals surface area contributed by atoms with Crippen molar-refractivity contribution in [3.63, 3.8) is 0 Å². The van der Waals surface area contributed by atoms with E-state index in [1.54, 1.807) is 0 Å². The Morgan fingerprint density at radius 2 is 1.39 bits per heavy atom. The van der Waals surface area contributed by atoms with Crippen LogP contribution in [-0.4, -0.2) is 44.0 Å². The summed E-state index contributed by atoms with van der Waals surface area (Å²) < 4.78 is 97.6. The van der Waals surface area contributed by atoms with E-state index in [0.717, 1.165) is 24.3 Å². The van der Waals surface area contributed by atoms with E-state index >= 15 is 0 Å². The first kappa shape index (κ1) is 24.5. The number of benzene rings is 3. The summed E-state index contributed by atoms with van der Waals surface area (Å²) in [6.07, 6.45) is 0. The van der Waals surface area contributed by atoms with Crippen LogP contribution < -0.4 is 5.73 Å². The van der Waals surface area contributed by atoms with Gasteiger partial charge in [-0.2, -0.15) is 30.4 Å². The Morgan fingerprint density at radius 3 is 1.94 bits per heavy atom. The van der Waals surface area contributed by atoms with Crippen LogP contribution in [-0.2, 0) is 30.4 Å². The summed E-state index contributed by atoms with van der Waals surface area (Å²) in [5.74, 6) is -0.898. The Kier molecular flexibility index (Phi) is 5.95. The number of rotatable bonds is 5. The molecule has 0 bridgehead atoms. The molecule has 0 saturated carbocycles. The second-order valence-electron chi connectivity index (χ2n) is 6.76. The molecule has 3 rings (SSSR count). The van der Waals surface area contributed by atoms with Gasteiger partial charge in [-0.05, 0) is 48.2 Å². The summed E-state index contributed by atoms with van der Waals surface area (Å²) in [5, 5.41) is 17.3. The normalized spacial score (nSPS) is 13.1. The third-order valence-corrected chi connectivity index (χ3v) is 7.14. The molecule has 6 N–H and O–H groups in total. The molecule has 176 valence electrons. The molecule has 0 fully saturated rings. The van der Waals surface area contributed by atoms with Crippen molar-refractivity contribution in [1.82, 2.24) is 0 Å². The average molecular weight is 518 g/mol. The number of aromatic hydroxyl groups is 1. The lowest BCUT2D eigenvalue weighted by molar-refractivity contribution is 0.472. The Balaban J connectivity index is 2.31. The number of fused-ring (bicyclic) bond motifs is 1. The maximum absolute atomic E-state index is 11.9. The Morgan fingerprint density at radius 1 is 0.788 bits per heavy atom. The number of phenols is 1. The van der Waals surface area contributed by atoms with Crippen molar-refractivity contribution in [1.29, 1.82) is 0 Å². The molecule has 0 atom stereocenters. The van der Waals surface area contributed by atoms with E-state index < -0.39 is 56.5 Å². The summed E-state index contributed by atoms with van der Waals surface area (Å²) >= 11 is 0. The smallest absolute Gasteiger partial charge is 0.296 e. The quantitative estimate of drug-likeness (QED) is 0.187. The standard InChI is InChI=1S/C17H15N3O10S3/c1-8-2-3-10(6-13(8)32(25,26)27)19-20-16-14(33(28,29)30)5-9-4-11(31(22,23)24)7-12(18)15(9)17(16)21/h2-7,21H,18H2,1H3,(H,22,23,24)(H,25,26,27)(H,28,29,30). The molecule has 0 aliphatic rings. The maximum Gasteiger partial charge on any atom is 0.296 e. The van der Waals surface area contributed by atoms with Crippen molar-refractivity contribution in [3.05, 3.63) is 42.0 Å². The minimum atomic E-state index is -5.05. The number of phenolic OH excluding ortho intramolecular Hbond substituents is 1. The van der Waals surface area contributed by atoms with Gasteiger partial charge in [0.15, 0.2) is 5.75 Å². The number of nitrogen functional groups attached to an aromatic ring is 1. The van der Waals surface area contributed by atoms with Crippen molar-refractivity contribution >= 4 is 58.2 Å². The summed E-state index contributed by atoms with van der Waals surface area (Å²) in [7, 11) is -14.4. The minimum absolute atomic E-state index is 0.163. The van der Waals surface area contributed by atoms with Crippen molar-refractivity contribution < 1.29 is 44.0 Å². The van der Waals surface area contributed by atoms with Crippen LogP contribution in [0.25, 0.3) is 10.8 Å². The molecule has 3 aromatic rings. The van der Waals surface area contributed by atoms with Gasteiger partial charge in [0.25, 0.3) is 30.4 Å². The highest BCUT2D eigenvalue weighted by atomic mass is 32.2. The molecule has 16 heteroatoms. The first-order chi connectivity index (χ1) is 15.0. The van der Waals surface area contributed by atoms with Gasteiger partial charge in [-0.1, -0.05) is 6.07 Å². The van der Waals surface area contributed by atoms with Gasteiger partial charge < -0.3 is 10.8 Å². The van der Waals surface area contributed by atoms with Gasteiger partial charge in [-0.3, -0.25) is 13.7 Å². The average Bonchev–Trinajstić information content (AvgIpc) is 2.65. The zero-order chi connectivity index (χ0) is 24.9. The fraction of sp³-hybridized carbons (Fsp3) is 0.0588. The third-order valence-electron chi connectivity index (χ3n) is 4.44. The molecule has 0 spiro atoms. The summed E-state index contributed by atoms with van der Waals surface area (Å²) in [6.45, 7) is 1.40. The molecule has 0 aliphatic heterocycles. The number of azo groups is 1. The van der Waals surface area contributed by atoms with Gasteiger partial charge in [0, 0.05) is 11.1 Å². The van der Waals surface area contributed by atoms with Crippen LogP contribution in [0.4, 0.5) is 17.1 Å². The first-order valence-corrected chi connectivity index (χ1v) is 12.9. The van der Waals surface area contributed by atoms with Crippen LogP contribution >= 0.6 is 0 Å². The lowest BCUT2D eigenvalue weighted by Gasteiger charge is -2.12. The van der Waals surface area contributed by atoms with Gasteiger partial charge in [0.2, 0.25) is 0 Å². The van der Waals surface area contributed by atoms with E-state index in [0.29, 0.717) is 0 Å². The SMILES string of the molecule is Cc1ccc(N=Nc2c(S(=O)(=O)O)cc3cc(S(=O)(=O)O)cc(N)c3c2O)cc1S(=O)(=O)O. The number of anilines is 1. The molecule has 0 aromatic heterocycles. The van der Waals surface area contributed by atoms with Gasteiger partial charge in [0.1, 0.15) is 10.6 Å². The lowest BCUT2D eigenvalue weighted by atomic mass is 10.1. The van der Waals surface area contributed by atoms with E-state index in [-0.39, 0.29) is 27.7 Å². The highest BCUT2D eigenvalue weighted by molar-refractivity contribution is 7.86. The second kappa shape index (κ2) is 8.01. The zero-order valence-electron chi connectivity index (χ0n) is 16.4. The molecule has 0 unspecified atom stereocenters. The van der Waals surface area contributed by atoms with Crippen molar-refractivity contribution in [3.8, 4) is 5.75 Å². The van der Waals surface area contributed by atoms with Gasteiger partial charge >= 0.3 is 0 Å². The van der Waals surface area contributed by atoms with Gasteiger partial charge in [0.05, 0.1) is 15.5 Å². The largest absolute Gasteiger partial charge is 0.505 e. The molecule has 0 saturated heterocycles. The van der Waals surface area contributed by atoms with Crippen LogP contribution in [0.3, 0.4) is 0 Å². The van der Waals surface area contributed by atoms with E-state index in [2.05, 4.69) is 10.2 Å². The molecule has 0 heterocycles. The van der Waals surface area contributed by atoms with E-state index in [4.69, 9.17) is 5.73 Å². The van der Waals surface area contributed by atoms with Crippen molar-refractivity contribution in [2.24, 2.45) is 10.2 Å². The Bertz CT molecular complexity index is 1660. The molecule has 13 nitrogen and oxygen atoms in total. The van der Waals surface area contributed by atoms with E-state index in [1.165, 1.54) is 19.1 Å². The highest BCUT2D eigenvalue weighted by Gasteiger charge is 2.25. The molecular formula is C17H15N3O10S3. The minimum Gasteiger partial charge on any atom is -0.505 e. The van der Waals surface area contributed by atoms with Crippen LogP contribution in [0.15, 0.2) is 61.3 Å². The van der Waals surface area contributed by atoms with Crippen molar-refractivity contribution in [2.75, 3.05) is 5.73 Å². The number of nitrogens with two attached hydrogens (primary N) is 1. The molecule has 3 aromatic carbocycles. The van der Waals surface area contributed by atoms with Gasteiger partial charge in [-0.15, -0.1) is 5.11 Å². The maximum atomic E-state index is 11.9. The third kappa shape index (κ3) is 4.95. The Labute approximate surface area is 187 Å². The van der Waals surface area contributed by atoms with E-state index in [1.807, 2.05) is 0 Å². The summed E-state index contributed by atoms with van der Waals surface area (Å²) in [6, 6.07) is 5.88.